The molecule has 0 saturated carbocycles. The number of non-ortho nitro benzene ring substituents is 5. The van der Waals surface area contributed by atoms with Gasteiger partial charge in [0, 0.05) is 200 Å². The van der Waals surface area contributed by atoms with E-state index in [1.807, 2.05) is 58.9 Å². The van der Waals surface area contributed by atoms with Crippen molar-refractivity contribution in [2.75, 3.05) is 68.3 Å². The Hall–Kier alpha value is -10.6. The number of carboxylic acid groups (broad SMARTS) is 2. The van der Waals surface area contributed by atoms with Gasteiger partial charge < -0.3 is 47.0 Å². The van der Waals surface area contributed by atoms with Crippen LogP contribution in [0.3, 0.4) is 0 Å². The summed E-state index contributed by atoms with van der Waals surface area (Å²) in [5.74, 6) is -2.08. The average Bonchev–Trinajstić information content (AvgIpc) is 1.62. The molecule has 3 aliphatic rings. The van der Waals surface area contributed by atoms with Crippen molar-refractivity contribution in [1.82, 2.24) is 0 Å². The molecule has 3 aliphatic heterocycles. The number of nitro benzene ring substituents is 5. The summed E-state index contributed by atoms with van der Waals surface area (Å²) in [7, 11) is 0. The first-order valence-corrected chi connectivity index (χ1v) is 33.4. The number of hydrogen-bond acceptors (Lipinski definition) is 20. The van der Waals surface area contributed by atoms with Crippen molar-refractivity contribution in [3.63, 3.8) is 0 Å². The number of aryl methyl sites for hydroxylation is 3. The van der Waals surface area contributed by atoms with Gasteiger partial charge in [0.1, 0.15) is 0 Å². The maximum Gasteiger partial charge on any atom is 0.300 e. The van der Waals surface area contributed by atoms with Gasteiger partial charge in [0.15, 0.2) is 0 Å². The predicted octanol–water partition coefficient (Wildman–Crippen LogP) is 16.0. The van der Waals surface area contributed by atoms with Crippen molar-refractivity contribution in [3.8, 4) is 0 Å². The Morgan fingerprint density at radius 2 is 0.889 bits per heavy atom. The maximum absolute atomic E-state index is 11.6. The van der Waals surface area contributed by atoms with Gasteiger partial charge in [-0.05, 0) is 104 Å². The van der Waals surface area contributed by atoms with Crippen LogP contribution < -0.4 is 36.8 Å². The molecule has 0 aliphatic carbocycles. The molecule has 31 nitrogen and oxygen atoms in total. The van der Waals surface area contributed by atoms with Gasteiger partial charge in [-0.25, -0.2) is 0 Å². The van der Waals surface area contributed by atoms with Crippen LogP contribution >= 0.6 is 39.9 Å². The number of nitrogens with zero attached hydrogens (tertiary/aromatic N) is 8. The molecule has 3 heterocycles. The van der Waals surface area contributed by atoms with Crippen molar-refractivity contribution in [3.05, 3.63) is 217 Å². The number of allylic oxidation sites excluding steroid dienone is 1. The number of carbonyl (C=O) groups excluding carboxylic acids is 5. The number of benzene rings is 6. The normalized spacial score (nSPS) is 12.3. The Kier molecular flexibility index (Phi) is 43.7. The van der Waals surface area contributed by atoms with Crippen molar-refractivity contribution >= 4 is 149 Å². The molecule has 8 N–H and O–H groups in total. The number of rotatable bonds is 10. The smallest absolute Gasteiger partial charge is 0.300 e. The number of carbonyl (C=O) groups is 7. The standard InChI is InChI=1S/C13H16N2O3.C12H14N2O3.C12H16N2O.C10H12N2O2.C9H10N2O3.C7H8N2O2.C4H7Br.C2H3ClO.2C2H4O2.ClH.Pd/c1-9(2)8-14(11(4)16)13-7-12(15(17)18)6-5-10(13)3;1-8(15)13-7-12(2,3)10-5-4-9(14(16)17)6-11(10)13;1-8(15)14-7-12(2,3)10-5-4-9(13)6-11(10)14;1-10(2)6-11-9-5-7(12(13)14)3-4-8(9)10;1-6-3-4-8(11(13)14)5-9(6)10-7(2)12;1-5-2-3-6(9(10)11)4-7(5)8;1-4(2)3-5;3*1-2(3)4;;/h5-7H,1,8H2,2-4H3;4-6H,7H2,1-3H3;4-6H,7,13H2,1-3H3;3-5,11H,6H2,1-2H3;3-5H,1-2H3,(H,10,12);2-4H,8H2,1H3;1,3H2,2H3;1H3;2*1H3,(H,3,4);1H;. The van der Waals surface area contributed by atoms with E-state index in [2.05, 4.69) is 79.0 Å². The van der Waals surface area contributed by atoms with E-state index in [0.29, 0.717) is 41.5 Å². The molecule has 0 unspecified atom stereocenters. The zero-order valence-electron chi connectivity index (χ0n) is 63.4. The SMILES string of the molecule is C=C(C)CBr.C=C(C)CN(C(C)=O)c1cc([N+](=O)[O-])ccc1C.CC(=O)Cl.CC(=O)N1CC(C)(C)c2ccc(N)cc21.CC(=O)N1CC(C)(C)c2ccc([N+](=O)[O-])cc21.CC(=O)Nc1cc([N+](=O)[O-])ccc1C.CC(=O)O.CC(=O)O.CC1(C)CNc2cc([N+](=O)[O-])ccc21.Cc1ccc([N+](=O)[O-])cc1N.Cl.[Pd]. The number of nitrogens with one attached hydrogen (secondary N) is 2. The van der Waals surface area contributed by atoms with Crippen molar-refractivity contribution in [2.45, 2.75) is 141 Å². The molecule has 6 aromatic rings. The minimum absolute atomic E-state index is 0. The van der Waals surface area contributed by atoms with Gasteiger partial charge in [-0.1, -0.05) is 106 Å². The fourth-order valence-electron chi connectivity index (χ4n) is 9.69. The van der Waals surface area contributed by atoms with Crippen molar-refractivity contribution in [2.24, 2.45) is 0 Å². The van der Waals surface area contributed by atoms with Crippen LogP contribution in [-0.2, 0) is 70.2 Å². The summed E-state index contributed by atoms with van der Waals surface area (Å²) in [6.07, 6.45) is 0. The first-order valence-electron chi connectivity index (χ1n) is 31.9. The van der Waals surface area contributed by atoms with Gasteiger partial charge in [0.05, 0.1) is 41.7 Å². The quantitative estimate of drug-likeness (QED) is 0.0141. The first-order chi connectivity index (χ1) is 48.6. The summed E-state index contributed by atoms with van der Waals surface area (Å²) in [6, 6.07) is 28.8. The van der Waals surface area contributed by atoms with E-state index in [0.717, 1.165) is 77.0 Å². The summed E-state index contributed by atoms with van der Waals surface area (Å²) in [5.41, 5.74) is 23.8. The van der Waals surface area contributed by atoms with E-state index >= 15 is 0 Å². The second-order valence-corrected chi connectivity index (χ2v) is 27.2. The van der Waals surface area contributed by atoms with E-state index in [-0.39, 0.29) is 111 Å². The van der Waals surface area contributed by atoms with E-state index in [1.165, 1.54) is 92.3 Å². The third-order valence-corrected chi connectivity index (χ3v) is 15.7. The fraction of sp³-hybridized carbons (Fsp3) is 0.356. The number of halogens is 3. The Morgan fingerprint density at radius 3 is 1.26 bits per heavy atom. The zero-order valence-corrected chi connectivity index (χ0v) is 68.1. The van der Waals surface area contributed by atoms with Gasteiger partial charge in [-0.2, -0.15) is 0 Å². The summed E-state index contributed by atoms with van der Waals surface area (Å²) < 4.78 is 0. The van der Waals surface area contributed by atoms with Gasteiger partial charge in [-0.15, -0.1) is 12.4 Å². The molecule has 0 atom stereocenters. The molecule has 0 saturated heterocycles. The van der Waals surface area contributed by atoms with Gasteiger partial charge in [-0.3, -0.25) is 84.1 Å². The van der Waals surface area contributed by atoms with Gasteiger partial charge >= 0.3 is 0 Å². The van der Waals surface area contributed by atoms with E-state index in [1.54, 1.807) is 67.0 Å². The number of amides is 4. The van der Waals surface area contributed by atoms with E-state index in [9.17, 15) is 74.5 Å². The number of hydrogen-bond donors (Lipinski definition) is 6. The number of alkyl halides is 1. The average molecular weight is 1700 g/mol. The second-order valence-electron chi connectivity index (χ2n) is 26.1. The minimum atomic E-state index is -0.833. The number of nitrogens with two attached hydrogens (primary N) is 2. The van der Waals surface area contributed by atoms with E-state index in [4.69, 9.17) is 31.3 Å². The predicted molar refractivity (Wildman–Crippen MR) is 425 cm³/mol. The first kappa shape index (κ1) is 102. The molecule has 35 heteroatoms. The molecule has 9 rings (SSSR count). The molecular weight excluding hydrogens is 1610 g/mol. The van der Waals surface area contributed by atoms with Gasteiger partial charge in [0.25, 0.3) is 40.4 Å². The number of anilines is 7. The van der Waals surface area contributed by atoms with Crippen molar-refractivity contribution < 1.29 is 88.8 Å². The number of fused-ring (bicyclic) bond motifs is 3. The molecular formula is C73H95BrCl2N12O19Pd. The molecule has 0 bridgehead atoms. The Morgan fingerprint density at radius 1 is 0.546 bits per heavy atom. The maximum atomic E-state index is 11.6. The van der Waals surface area contributed by atoms with Crippen LogP contribution in [0.2, 0.25) is 0 Å². The van der Waals surface area contributed by atoms with Crippen molar-refractivity contribution in [1.29, 1.82) is 0 Å². The minimum Gasteiger partial charge on any atom is -0.481 e. The summed E-state index contributed by atoms with van der Waals surface area (Å²) in [6.45, 7) is 41.0. The van der Waals surface area contributed by atoms with Crippen LogP contribution in [0, 0.1) is 71.3 Å². The number of nitrogen functional groups attached to an aromatic ring is 2. The van der Waals surface area contributed by atoms with Crippen LogP contribution in [-0.4, -0.2) is 107 Å². The molecule has 0 radical (unpaired) electrons. The van der Waals surface area contributed by atoms with Crippen LogP contribution in [0.15, 0.2) is 133 Å². The second kappa shape index (κ2) is 46.5. The summed E-state index contributed by atoms with van der Waals surface area (Å²) in [5, 5.41) is 73.8. The van der Waals surface area contributed by atoms with E-state index < -0.39 is 31.6 Å². The molecule has 0 fully saturated rings. The van der Waals surface area contributed by atoms with Crippen LogP contribution in [0.4, 0.5) is 68.2 Å². The molecule has 0 spiro atoms. The Labute approximate surface area is 660 Å². The number of nitro groups is 5. The van der Waals surface area contributed by atoms with Crippen LogP contribution in [0.25, 0.3) is 0 Å². The van der Waals surface area contributed by atoms with Crippen LogP contribution in [0.1, 0.15) is 137 Å². The molecule has 592 valence electrons. The summed E-state index contributed by atoms with van der Waals surface area (Å²) in [4.78, 5) is 128. The zero-order chi connectivity index (χ0) is 82.4. The Balaban J connectivity index is -0.00000117. The number of aliphatic carboxylic acids is 2. The van der Waals surface area contributed by atoms with Gasteiger partial charge in [0.2, 0.25) is 28.9 Å². The largest absolute Gasteiger partial charge is 0.481 e. The monoisotopic (exact) mass is 1700 g/mol. The third-order valence-electron chi connectivity index (χ3n) is 14.7. The Bertz CT molecular complexity index is 4230. The topological polar surface area (TPSA) is 461 Å². The third kappa shape index (κ3) is 35.2. The van der Waals surface area contributed by atoms with Crippen LogP contribution in [0.5, 0.6) is 0 Å². The molecule has 6 aromatic carbocycles. The fourth-order valence-corrected chi connectivity index (χ4v) is 9.69. The molecule has 108 heavy (non-hydrogen) atoms. The number of carboxylic acids is 2. The molecule has 0 aromatic heterocycles. The molecule has 4 amide bonds. The summed E-state index contributed by atoms with van der Waals surface area (Å²) >= 11 is 7.85.